The van der Waals surface area contributed by atoms with Crippen LogP contribution in [-0.2, 0) is 20.8 Å². The first-order chi connectivity index (χ1) is 24.4. The van der Waals surface area contributed by atoms with Gasteiger partial charge in [-0.2, -0.15) is 0 Å². The fourth-order valence-electron chi connectivity index (χ4n) is 7.56. The molecule has 1 aromatic heterocycles. The van der Waals surface area contributed by atoms with Gasteiger partial charge in [-0.3, -0.25) is 4.99 Å². The van der Waals surface area contributed by atoms with E-state index in [-0.39, 0.29) is 30.4 Å². The summed E-state index contributed by atoms with van der Waals surface area (Å²) in [5, 5.41) is 29.7. The number of nitrogens with two attached hydrogens (primary N) is 1. The van der Waals surface area contributed by atoms with Crippen molar-refractivity contribution in [3.8, 4) is 0 Å². The number of aromatic amines is 1. The maximum Gasteiger partial charge on any atom is 0.328 e. The molecule has 1 aliphatic heterocycles. The van der Waals surface area contributed by atoms with E-state index >= 15 is 0 Å². The summed E-state index contributed by atoms with van der Waals surface area (Å²) in [7, 11) is 0. The normalized spacial score (nSPS) is 20.0. The lowest BCUT2D eigenvalue weighted by Crippen LogP contribution is -2.47. The number of carbonyl (C=O) groups excluding carboxylic acids is 2. The number of unbranched alkanes of at least 4 members (excludes halogenated alkanes) is 3. The van der Waals surface area contributed by atoms with Gasteiger partial charge < -0.3 is 41.2 Å². The number of guanidine groups is 1. The Labute approximate surface area is 294 Å². The molecule has 10 heteroatoms. The molecule has 5 atom stereocenters. The number of hydrogen-bond donors (Lipinski definition) is 5. The van der Waals surface area contributed by atoms with E-state index in [2.05, 4.69) is 51.7 Å². The number of nitrogens with one attached hydrogen (secondary N) is 2. The molecule has 0 spiro atoms. The van der Waals surface area contributed by atoms with Crippen LogP contribution in [-0.4, -0.2) is 64.9 Å². The zero-order valence-electron chi connectivity index (χ0n) is 28.7. The number of carboxylic acid groups (broad SMARTS) is 1. The second-order valence-electron chi connectivity index (χ2n) is 13.6. The molecule has 1 aliphatic carbocycles. The standard InChI is InChI=1S/C40H50N5O5/c41-40-43-18-15-36(45-40)35(25-39(49)50)37(44-38-10-5-17-42-38)24-31-14-13-30-22-29-12-11-27(16-20-47)21-32(29)23-34(30)33(31)9-4-2-1-3-7-28(26-48)8-6-19-46/h5,10-14,17,20-23,25-26,28,31,33,36-37,42,46H,1-4,6-9,15-16,18-19,24H2,(H,49,50)(H3,41,43,45)/q-1/b35-25+/t28-,31-,33-,36+,37-/m0/s1. The Morgan fingerprint density at radius 2 is 1.90 bits per heavy atom. The van der Waals surface area contributed by atoms with Crippen molar-refractivity contribution in [1.82, 2.24) is 10.3 Å². The molecule has 6 N–H and O–H groups in total. The van der Waals surface area contributed by atoms with Crippen molar-refractivity contribution in [3.63, 3.8) is 0 Å². The molecule has 2 aromatic carbocycles. The molecule has 2 aliphatic rings. The third kappa shape index (κ3) is 9.94. The molecule has 0 saturated carbocycles. The van der Waals surface area contributed by atoms with Gasteiger partial charge in [0, 0.05) is 31.6 Å². The van der Waals surface area contributed by atoms with Crippen LogP contribution in [0.25, 0.3) is 22.2 Å². The summed E-state index contributed by atoms with van der Waals surface area (Å²) in [6.07, 6.45) is 18.3. The highest BCUT2D eigenvalue weighted by atomic mass is 16.4. The molecule has 2 heterocycles. The first-order valence-electron chi connectivity index (χ1n) is 18.0. The third-order valence-electron chi connectivity index (χ3n) is 10.1. The largest absolute Gasteiger partial charge is 0.478 e. The molecule has 0 fully saturated rings. The maximum atomic E-state index is 12.2. The van der Waals surface area contributed by atoms with Gasteiger partial charge in [0.05, 0.1) is 6.04 Å². The maximum absolute atomic E-state index is 12.2. The lowest BCUT2D eigenvalue weighted by Gasteiger charge is -2.39. The van der Waals surface area contributed by atoms with Crippen molar-refractivity contribution >= 4 is 47.2 Å². The van der Waals surface area contributed by atoms with Crippen molar-refractivity contribution in [2.45, 2.75) is 88.6 Å². The van der Waals surface area contributed by atoms with Gasteiger partial charge in [-0.25, -0.2) is 4.79 Å². The number of rotatable bonds is 20. The Hall–Kier alpha value is -4.70. The first kappa shape index (κ1) is 36.6. The Morgan fingerprint density at radius 1 is 1.06 bits per heavy atom. The van der Waals surface area contributed by atoms with E-state index in [0.717, 1.165) is 73.9 Å². The van der Waals surface area contributed by atoms with E-state index < -0.39 is 12.0 Å². The Balaban J connectivity index is 1.42. The molecule has 0 radical (unpaired) electrons. The molecule has 0 saturated heterocycles. The fraction of sp³-hybridized carbons (Fsp3) is 0.450. The molecule has 266 valence electrons. The SMILES string of the molecule is NC1=NCC[C@H](/C(=C\C(=O)O)[C@H](C[C@@H]2C=Cc3cc4ccc(CC=O)cc4cc3[C@H]2CCCCCC[C@H](C=O)CCCO)[N-]c2ccc[nH]2)N1. The monoisotopic (exact) mass is 680 g/mol. The molecule has 0 amide bonds. The fourth-order valence-corrected chi connectivity index (χ4v) is 7.56. The molecule has 5 rings (SSSR count). The Kier molecular flexibility index (Phi) is 13.4. The number of aliphatic hydroxyl groups is 1. The molecule has 3 aromatic rings. The molecular formula is C40H50N5O5-. The quantitative estimate of drug-likeness (QED) is 0.0501. The van der Waals surface area contributed by atoms with Crippen molar-refractivity contribution < 1.29 is 24.6 Å². The lowest BCUT2D eigenvalue weighted by molar-refractivity contribution is -0.131. The number of carbonyl (C=O) groups is 3. The van der Waals surface area contributed by atoms with Crippen LogP contribution in [0, 0.1) is 11.8 Å². The van der Waals surface area contributed by atoms with Gasteiger partial charge in [-0.1, -0.05) is 86.2 Å². The predicted molar refractivity (Wildman–Crippen MR) is 199 cm³/mol. The van der Waals surface area contributed by atoms with Crippen LogP contribution >= 0.6 is 0 Å². The molecular weight excluding hydrogens is 630 g/mol. The van der Waals surface area contributed by atoms with E-state index in [4.69, 9.17) is 16.2 Å². The number of H-pyrrole nitrogens is 1. The second-order valence-corrected chi connectivity index (χ2v) is 13.6. The van der Waals surface area contributed by atoms with Crippen LogP contribution in [0.2, 0.25) is 0 Å². The van der Waals surface area contributed by atoms with Gasteiger partial charge in [0.15, 0.2) is 5.96 Å². The molecule has 0 bridgehead atoms. The minimum atomic E-state index is -1.03. The summed E-state index contributed by atoms with van der Waals surface area (Å²) < 4.78 is 0. The summed E-state index contributed by atoms with van der Waals surface area (Å²) in [5.41, 5.74) is 10.2. The molecule has 10 nitrogen and oxygen atoms in total. The summed E-state index contributed by atoms with van der Waals surface area (Å²) in [6.45, 7) is 0.617. The number of hydrogen-bond acceptors (Lipinski definition) is 7. The van der Waals surface area contributed by atoms with E-state index in [0.29, 0.717) is 49.6 Å². The lowest BCUT2D eigenvalue weighted by atomic mass is 9.72. The number of aliphatic hydroxyl groups excluding tert-OH is 1. The van der Waals surface area contributed by atoms with Gasteiger partial charge in [-0.05, 0) is 95.5 Å². The number of aromatic nitrogens is 1. The van der Waals surface area contributed by atoms with Crippen LogP contribution in [0.4, 0.5) is 5.82 Å². The number of aldehydes is 2. The van der Waals surface area contributed by atoms with E-state index in [1.807, 2.05) is 24.4 Å². The number of aliphatic carboxylic acids is 1. The number of nitrogens with zero attached hydrogens (tertiary/aromatic N) is 2. The van der Waals surface area contributed by atoms with Gasteiger partial charge in [0.25, 0.3) is 0 Å². The number of aliphatic imine (C=N–C) groups is 1. The van der Waals surface area contributed by atoms with E-state index in [9.17, 15) is 19.5 Å². The van der Waals surface area contributed by atoms with Gasteiger partial charge in [-0.15, -0.1) is 0 Å². The van der Waals surface area contributed by atoms with Crippen molar-refractivity contribution in [1.29, 1.82) is 0 Å². The number of carboxylic acids is 1. The number of fused-ring (bicyclic) bond motifs is 2. The van der Waals surface area contributed by atoms with Crippen molar-refractivity contribution in [2.75, 3.05) is 13.2 Å². The van der Waals surface area contributed by atoms with Crippen molar-refractivity contribution in [3.05, 3.63) is 88.4 Å². The minimum Gasteiger partial charge on any atom is -0.478 e. The zero-order chi connectivity index (χ0) is 35.3. The van der Waals surface area contributed by atoms with Crippen LogP contribution in [0.3, 0.4) is 0 Å². The smallest absolute Gasteiger partial charge is 0.328 e. The Bertz CT molecular complexity index is 1680. The third-order valence-corrected chi connectivity index (χ3v) is 10.1. The second kappa shape index (κ2) is 18.3. The highest BCUT2D eigenvalue weighted by molar-refractivity contribution is 5.88. The topological polar surface area (TPSA) is 172 Å². The number of benzene rings is 2. The molecule has 0 unspecified atom stereocenters. The van der Waals surface area contributed by atoms with Gasteiger partial charge >= 0.3 is 5.97 Å². The first-order valence-corrected chi connectivity index (χ1v) is 18.0. The average molecular weight is 681 g/mol. The van der Waals surface area contributed by atoms with Crippen LogP contribution in [0.5, 0.6) is 0 Å². The van der Waals surface area contributed by atoms with Crippen molar-refractivity contribution in [2.24, 2.45) is 22.6 Å². The van der Waals surface area contributed by atoms with Crippen LogP contribution < -0.4 is 11.1 Å². The summed E-state index contributed by atoms with van der Waals surface area (Å²) in [5.74, 6) is 0.205. The minimum absolute atomic E-state index is 0.00737. The summed E-state index contributed by atoms with van der Waals surface area (Å²) >= 11 is 0. The summed E-state index contributed by atoms with van der Waals surface area (Å²) in [6, 6.07) is 13.7. The highest BCUT2D eigenvalue weighted by Crippen LogP contribution is 2.44. The van der Waals surface area contributed by atoms with E-state index in [1.54, 1.807) is 0 Å². The average Bonchev–Trinajstić information content (AvgIpc) is 3.63. The summed E-state index contributed by atoms with van der Waals surface area (Å²) in [4.78, 5) is 42.4. The predicted octanol–water partition coefficient (Wildman–Crippen LogP) is 6.72. The zero-order valence-corrected chi connectivity index (χ0v) is 28.7. The van der Waals surface area contributed by atoms with Gasteiger partial charge in [0.2, 0.25) is 0 Å². The number of allylic oxidation sites excluding steroid dienone is 1. The highest BCUT2D eigenvalue weighted by Gasteiger charge is 2.31. The van der Waals surface area contributed by atoms with Crippen LogP contribution in [0.15, 0.2) is 71.4 Å². The van der Waals surface area contributed by atoms with Gasteiger partial charge in [0.1, 0.15) is 12.6 Å². The Morgan fingerprint density at radius 3 is 2.64 bits per heavy atom. The van der Waals surface area contributed by atoms with E-state index in [1.165, 1.54) is 17.2 Å². The van der Waals surface area contributed by atoms with Crippen LogP contribution in [0.1, 0.15) is 86.8 Å². The molecule has 50 heavy (non-hydrogen) atoms.